The second kappa shape index (κ2) is 7.65. The molecule has 1 unspecified atom stereocenters. The molecule has 1 saturated heterocycles. The molecular formula is C20H22N2O5. The maximum atomic E-state index is 12.5. The van der Waals surface area contributed by atoms with E-state index in [1.165, 1.54) is 7.11 Å². The lowest BCUT2D eigenvalue weighted by atomic mass is 10.1. The van der Waals surface area contributed by atoms with E-state index in [9.17, 15) is 14.4 Å². The molecule has 0 spiro atoms. The molecule has 2 aromatic rings. The van der Waals surface area contributed by atoms with Gasteiger partial charge in [0.25, 0.3) is 0 Å². The van der Waals surface area contributed by atoms with Gasteiger partial charge in [-0.25, -0.2) is 4.79 Å². The van der Waals surface area contributed by atoms with Crippen molar-refractivity contribution in [3.05, 3.63) is 53.0 Å². The average molecular weight is 370 g/mol. The van der Waals surface area contributed by atoms with Crippen molar-refractivity contribution in [3.63, 3.8) is 0 Å². The SMILES string of the molecule is COC(=O)c1cc(CNC(=O)C2CC(=O)N(c3ccc(C)cc3)C2)oc1C. The van der Waals surface area contributed by atoms with Crippen LogP contribution in [0.2, 0.25) is 0 Å². The van der Waals surface area contributed by atoms with Gasteiger partial charge >= 0.3 is 5.97 Å². The van der Waals surface area contributed by atoms with Crippen molar-refractivity contribution < 1.29 is 23.5 Å². The van der Waals surface area contributed by atoms with E-state index in [2.05, 4.69) is 10.1 Å². The van der Waals surface area contributed by atoms with Gasteiger partial charge in [-0.1, -0.05) is 17.7 Å². The number of rotatable bonds is 5. The molecule has 1 aliphatic heterocycles. The first-order valence-corrected chi connectivity index (χ1v) is 8.71. The van der Waals surface area contributed by atoms with Crippen LogP contribution in [0, 0.1) is 19.8 Å². The fourth-order valence-corrected chi connectivity index (χ4v) is 3.12. The number of amides is 2. The predicted octanol–water partition coefficient (Wildman–Crippen LogP) is 2.35. The van der Waals surface area contributed by atoms with Crippen LogP contribution in [0.5, 0.6) is 0 Å². The molecule has 27 heavy (non-hydrogen) atoms. The summed E-state index contributed by atoms with van der Waals surface area (Å²) in [6.45, 7) is 4.13. The highest BCUT2D eigenvalue weighted by molar-refractivity contribution is 6.00. The first kappa shape index (κ1) is 18.7. The van der Waals surface area contributed by atoms with E-state index in [0.29, 0.717) is 23.6 Å². The van der Waals surface area contributed by atoms with Crippen LogP contribution < -0.4 is 10.2 Å². The zero-order chi connectivity index (χ0) is 19.6. The molecule has 0 radical (unpaired) electrons. The Labute approximate surface area is 157 Å². The van der Waals surface area contributed by atoms with Gasteiger partial charge in [-0.3, -0.25) is 9.59 Å². The molecule has 1 atom stereocenters. The number of aryl methyl sites for hydroxylation is 2. The Morgan fingerprint density at radius 2 is 1.96 bits per heavy atom. The number of benzene rings is 1. The Morgan fingerprint density at radius 1 is 1.26 bits per heavy atom. The second-order valence-electron chi connectivity index (χ2n) is 6.63. The molecule has 1 aromatic carbocycles. The molecule has 3 rings (SSSR count). The Hall–Kier alpha value is -3.09. The van der Waals surface area contributed by atoms with E-state index in [1.54, 1.807) is 17.9 Å². The van der Waals surface area contributed by atoms with E-state index in [0.717, 1.165) is 11.3 Å². The third-order valence-electron chi connectivity index (χ3n) is 4.65. The van der Waals surface area contributed by atoms with Crippen LogP contribution in [0.3, 0.4) is 0 Å². The molecule has 7 nitrogen and oxygen atoms in total. The standard InChI is InChI=1S/C20H22N2O5/c1-12-4-6-15(7-5-12)22-11-14(8-18(22)23)19(24)21-10-16-9-17(13(2)27-16)20(25)26-3/h4-7,9,14H,8,10-11H2,1-3H3,(H,21,24). The van der Waals surface area contributed by atoms with Crippen LogP contribution in [0.1, 0.15) is 33.9 Å². The van der Waals surface area contributed by atoms with E-state index in [4.69, 9.17) is 4.42 Å². The first-order valence-electron chi connectivity index (χ1n) is 8.71. The highest BCUT2D eigenvalue weighted by atomic mass is 16.5. The maximum absolute atomic E-state index is 12.5. The summed E-state index contributed by atoms with van der Waals surface area (Å²) in [6.07, 6.45) is 0.171. The summed E-state index contributed by atoms with van der Waals surface area (Å²) < 4.78 is 10.2. The molecule has 0 saturated carbocycles. The van der Waals surface area contributed by atoms with Crippen molar-refractivity contribution >= 4 is 23.5 Å². The normalized spacial score (nSPS) is 16.5. The Bertz CT molecular complexity index is 869. The fourth-order valence-electron chi connectivity index (χ4n) is 3.12. The molecule has 2 heterocycles. The number of esters is 1. The summed E-state index contributed by atoms with van der Waals surface area (Å²) in [5.74, 6) is -0.292. The van der Waals surface area contributed by atoms with E-state index >= 15 is 0 Å². The first-order chi connectivity index (χ1) is 12.9. The van der Waals surface area contributed by atoms with Crippen molar-refractivity contribution in [1.29, 1.82) is 0 Å². The number of carbonyl (C=O) groups excluding carboxylic acids is 3. The number of nitrogens with one attached hydrogen (secondary N) is 1. The van der Waals surface area contributed by atoms with Crippen molar-refractivity contribution in [2.75, 3.05) is 18.6 Å². The lowest BCUT2D eigenvalue weighted by Crippen LogP contribution is -2.32. The summed E-state index contributed by atoms with van der Waals surface area (Å²) in [6, 6.07) is 9.20. The van der Waals surface area contributed by atoms with E-state index in [-0.39, 0.29) is 24.8 Å². The number of methoxy groups -OCH3 is 1. The van der Waals surface area contributed by atoms with Crippen molar-refractivity contribution in [2.24, 2.45) is 5.92 Å². The molecule has 0 bridgehead atoms. The summed E-state index contributed by atoms with van der Waals surface area (Å²) in [4.78, 5) is 38.0. The molecule has 1 aliphatic rings. The van der Waals surface area contributed by atoms with Gasteiger partial charge in [0.05, 0.1) is 19.6 Å². The Balaban J connectivity index is 1.60. The minimum Gasteiger partial charge on any atom is -0.465 e. The van der Waals surface area contributed by atoms with Gasteiger partial charge in [-0.2, -0.15) is 0 Å². The topological polar surface area (TPSA) is 88.8 Å². The minimum atomic E-state index is -0.482. The lowest BCUT2D eigenvalue weighted by molar-refractivity contribution is -0.126. The van der Waals surface area contributed by atoms with Gasteiger partial charge in [0.1, 0.15) is 17.1 Å². The van der Waals surface area contributed by atoms with Crippen LogP contribution in [0.4, 0.5) is 5.69 Å². The largest absolute Gasteiger partial charge is 0.465 e. The molecule has 2 amide bonds. The smallest absolute Gasteiger partial charge is 0.341 e. The summed E-state index contributed by atoms with van der Waals surface area (Å²) >= 11 is 0. The quantitative estimate of drug-likeness (QED) is 0.816. The van der Waals surface area contributed by atoms with Crippen LogP contribution >= 0.6 is 0 Å². The molecule has 0 aliphatic carbocycles. The third kappa shape index (κ3) is 4.02. The van der Waals surface area contributed by atoms with Crippen molar-refractivity contribution in [2.45, 2.75) is 26.8 Å². The van der Waals surface area contributed by atoms with Crippen LogP contribution in [0.25, 0.3) is 0 Å². The number of nitrogens with zero attached hydrogens (tertiary/aromatic N) is 1. The van der Waals surface area contributed by atoms with E-state index < -0.39 is 11.9 Å². The fraction of sp³-hybridized carbons (Fsp3) is 0.350. The van der Waals surface area contributed by atoms with Crippen LogP contribution in [-0.2, 0) is 20.9 Å². The summed E-state index contributed by atoms with van der Waals surface area (Å²) in [5.41, 5.74) is 2.24. The van der Waals surface area contributed by atoms with Gasteiger partial charge in [0.15, 0.2) is 0 Å². The maximum Gasteiger partial charge on any atom is 0.341 e. The second-order valence-corrected chi connectivity index (χ2v) is 6.63. The van der Waals surface area contributed by atoms with Gasteiger partial charge in [-0.05, 0) is 32.0 Å². The number of hydrogen-bond donors (Lipinski definition) is 1. The van der Waals surface area contributed by atoms with Gasteiger partial charge in [-0.15, -0.1) is 0 Å². The average Bonchev–Trinajstić information content (AvgIpc) is 3.22. The number of carbonyl (C=O) groups is 3. The number of ether oxygens (including phenoxy) is 1. The molecule has 1 N–H and O–H groups in total. The highest BCUT2D eigenvalue weighted by Gasteiger charge is 2.35. The molecule has 7 heteroatoms. The van der Waals surface area contributed by atoms with Gasteiger partial charge < -0.3 is 19.4 Å². The number of anilines is 1. The molecule has 1 aromatic heterocycles. The Kier molecular flexibility index (Phi) is 5.30. The van der Waals surface area contributed by atoms with Crippen molar-refractivity contribution in [1.82, 2.24) is 5.32 Å². The van der Waals surface area contributed by atoms with Gasteiger partial charge in [0, 0.05) is 18.7 Å². The zero-order valence-corrected chi connectivity index (χ0v) is 15.6. The molecule has 1 fully saturated rings. The van der Waals surface area contributed by atoms with Crippen LogP contribution in [-0.4, -0.2) is 31.4 Å². The van der Waals surface area contributed by atoms with E-state index in [1.807, 2.05) is 31.2 Å². The number of hydrogen-bond acceptors (Lipinski definition) is 5. The monoisotopic (exact) mass is 370 g/mol. The summed E-state index contributed by atoms with van der Waals surface area (Å²) in [5, 5.41) is 2.78. The lowest BCUT2D eigenvalue weighted by Gasteiger charge is -2.16. The minimum absolute atomic E-state index is 0.0687. The zero-order valence-electron chi connectivity index (χ0n) is 15.6. The molecule has 142 valence electrons. The van der Waals surface area contributed by atoms with Crippen LogP contribution in [0.15, 0.2) is 34.7 Å². The Morgan fingerprint density at radius 3 is 2.63 bits per heavy atom. The van der Waals surface area contributed by atoms with Crippen molar-refractivity contribution in [3.8, 4) is 0 Å². The highest BCUT2D eigenvalue weighted by Crippen LogP contribution is 2.25. The number of furan rings is 1. The predicted molar refractivity (Wildman–Crippen MR) is 98.3 cm³/mol. The third-order valence-corrected chi connectivity index (χ3v) is 4.65. The van der Waals surface area contributed by atoms with Gasteiger partial charge in [0.2, 0.25) is 11.8 Å². The summed E-state index contributed by atoms with van der Waals surface area (Å²) in [7, 11) is 1.30. The molecular weight excluding hydrogens is 348 g/mol.